The third-order valence-electron chi connectivity index (χ3n) is 17.2. The fourth-order valence-corrected chi connectivity index (χ4v) is 13.1. The number of hydrogen-bond acceptors (Lipinski definition) is 18. The number of carbonyl (C=O) groups is 13. The number of nitrogens with zero attached hydrogens (tertiary/aromatic N) is 2. The molecule has 30 nitrogen and oxygen atoms in total. The number of likely N-dealkylation sites (tertiary alicyclic amines) is 1. The molecule has 7 rings (SSSR count). The Morgan fingerprint density at radius 3 is 2.12 bits per heavy atom. The number of aliphatic hydroxyl groups excluding tert-OH is 3. The Morgan fingerprint density at radius 2 is 1.45 bits per heavy atom. The van der Waals surface area contributed by atoms with Gasteiger partial charge in [-0.05, 0) is 54.3 Å². The van der Waals surface area contributed by atoms with Crippen LogP contribution in [0.25, 0.3) is 10.9 Å². The Kier molecular flexibility index (Phi) is 26.2. The maximum Gasteiger partial charge on any atom is 0.246 e. The number of hydrogen-bond donors (Lipinski definition) is 15. The van der Waals surface area contributed by atoms with E-state index in [-0.39, 0.29) is 48.8 Å². The minimum Gasteiger partial charge on any atom is -0.394 e. The summed E-state index contributed by atoms with van der Waals surface area (Å²) in [6.07, 6.45) is -2.09. The van der Waals surface area contributed by atoms with Crippen molar-refractivity contribution < 1.29 is 77.6 Å². The lowest BCUT2D eigenvalue weighted by atomic mass is 9.93. The summed E-state index contributed by atoms with van der Waals surface area (Å²) in [4.78, 5) is 187. The van der Waals surface area contributed by atoms with Gasteiger partial charge in [-0.15, -0.1) is 11.8 Å². The molecule has 2 fully saturated rings. The molecule has 2 saturated heterocycles. The summed E-state index contributed by atoms with van der Waals surface area (Å²) in [5.74, 6) is -12.7. The Hall–Kier alpha value is -8.59. The highest BCUT2D eigenvalue weighted by Crippen LogP contribution is 2.33. The molecule has 4 aliphatic rings. The summed E-state index contributed by atoms with van der Waals surface area (Å²) in [5, 5.41) is 61.8. The highest BCUT2D eigenvalue weighted by atomic mass is 32.2. The largest absolute Gasteiger partial charge is 0.394 e. The minimum absolute atomic E-state index is 0.0690. The zero-order chi connectivity index (χ0) is 69.5. The van der Waals surface area contributed by atoms with E-state index in [1.165, 1.54) is 42.6 Å². The summed E-state index contributed by atoms with van der Waals surface area (Å²) in [6, 6.07) is 1.43. The quantitative estimate of drug-likeness (QED) is 0.0597. The molecule has 0 radical (unpaired) electrons. The lowest BCUT2D eigenvalue weighted by Crippen LogP contribution is -2.62. The standard InChI is InChI=1S/C63H86N14O16S2/c1-9-31(4)53-59(90)66-25-49(83)69-43-29-95-62-39(38-12-10-11-13-40(38)72-62)21-41(56(87)65-26-50(84)74-53)70-61(92)54(32(5)45(80)28-78)75-58(89)44-20-37(79)27-77(44)63(93)42(71-57(43)88)22-48(82)64-24-35-14-16-36(17-15-35)68-55(86)33(6)67-60(91)52(30(2)3)73-47(81)18-19-76-34(7)46(94-8)23-51(76)85/h10-17,30-33,37,41-46,52-54,72,78-80H,7,9,18-29H2,1-6,8H3,(H,64,82)(H,65,87)(H,66,90)(H,67,91)(H,68,86)(H,69,83)(H,70,92)(H,71,88)(H,73,81)(H,74,84)(H,75,89)/t31-,32-,33-,37+,41+,42-,43-,44-,45-,46?,52?,53-,54-/m0/s1. The van der Waals surface area contributed by atoms with E-state index in [4.69, 9.17) is 0 Å². The predicted octanol–water partition coefficient (Wildman–Crippen LogP) is -2.36. The van der Waals surface area contributed by atoms with Crippen molar-refractivity contribution in [2.45, 2.75) is 157 Å². The van der Waals surface area contributed by atoms with E-state index in [9.17, 15) is 72.9 Å². The van der Waals surface area contributed by atoms with Gasteiger partial charge in [0, 0.05) is 79.3 Å². The Labute approximate surface area is 557 Å². The summed E-state index contributed by atoms with van der Waals surface area (Å²) in [6.45, 7) is 10.8. The van der Waals surface area contributed by atoms with Crippen molar-refractivity contribution in [3.8, 4) is 0 Å². The van der Waals surface area contributed by atoms with Crippen molar-refractivity contribution in [3.05, 3.63) is 71.9 Å². The molecular formula is C63H86N14O16S2. The van der Waals surface area contributed by atoms with Gasteiger partial charge in [-0.2, -0.15) is 11.8 Å². The molecular weight excluding hydrogens is 1270 g/mol. The number of aromatic amines is 1. The highest BCUT2D eigenvalue weighted by molar-refractivity contribution is 7.99. The number of thioether (sulfide) groups is 2. The van der Waals surface area contributed by atoms with Gasteiger partial charge in [-0.3, -0.25) is 62.3 Å². The summed E-state index contributed by atoms with van der Waals surface area (Å²) in [7, 11) is 0. The van der Waals surface area contributed by atoms with Gasteiger partial charge in [0.15, 0.2) is 0 Å². The van der Waals surface area contributed by atoms with Gasteiger partial charge in [-0.1, -0.05) is 78.0 Å². The van der Waals surface area contributed by atoms with Gasteiger partial charge < -0.3 is 88.6 Å². The highest BCUT2D eigenvalue weighted by Gasteiger charge is 2.45. The molecule has 0 saturated carbocycles. The first-order valence-corrected chi connectivity index (χ1v) is 33.7. The lowest BCUT2D eigenvalue weighted by Gasteiger charge is -2.33. The second kappa shape index (κ2) is 33.7. The molecule has 2 unspecified atom stereocenters. The van der Waals surface area contributed by atoms with Crippen molar-refractivity contribution in [1.29, 1.82) is 0 Å². The van der Waals surface area contributed by atoms with Crippen LogP contribution >= 0.6 is 23.5 Å². The van der Waals surface area contributed by atoms with Gasteiger partial charge in [0.2, 0.25) is 76.8 Å². The van der Waals surface area contributed by atoms with Crippen molar-refractivity contribution in [3.63, 3.8) is 0 Å². The monoisotopic (exact) mass is 1360 g/mol. The zero-order valence-electron chi connectivity index (χ0n) is 54.0. The van der Waals surface area contributed by atoms with Crippen molar-refractivity contribution >= 4 is 117 Å². The topological polar surface area (TPSA) is 437 Å². The van der Waals surface area contributed by atoms with Crippen LogP contribution in [0.1, 0.15) is 84.8 Å². The number of H-pyrrole nitrogens is 1. The molecule has 516 valence electrons. The van der Waals surface area contributed by atoms with Gasteiger partial charge in [0.05, 0.1) is 48.6 Å². The molecule has 0 aliphatic carbocycles. The molecule has 1 aromatic heterocycles. The second-order valence-electron chi connectivity index (χ2n) is 24.5. The summed E-state index contributed by atoms with van der Waals surface area (Å²) < 4.78 is 0. The number of carbonyl (C=O) groups excluding carboxylic acids is 13. The van der Waals surface area contributed by atoms with E-state index >= 15 is 4.79 Å². The third kappa shape index (κ3) is 19.3. The number of aromatic nitrogens is 1. The van der Waals surface area contributed by atoms with Crippen LogP contribution in [0, 0.1) is 17.8 Å². The van der Waals surface area contributed by atoms with Crippen LogP contribution in [0.5, 0.6) is 0 Å². The lowest BCUT2D eigenvalue weighted by molar-refractivity contribution is -0.144. The molecule has 5 heterocycles. The number of nitrogens with one attached hydrogen (secondary N) is 12. The first-order valence-electron chi connectivity index (χ1n) is 31.4. The van der Waals surface area contributed by atoms with Crippen LogP contribution < -0.4 is 58.5 Å². The molecule has 0 spiro atoms. The molecule has 32 heteroatoms. The minimum atomic E-state index is -1.83. The van der Waals surface area contributed by atoms with E-state index in [1.807, 2.05) is 6.26 Å². The molecule has 3 aromatic rings. The normalized spacial score (nSPS) is 24.5. The number of amides is 13. The molecule has 95 heavy (non-hydrogen) atoms. The number of rotatable bonds is 19. The zero-order valence-corrected chi connectivity index (χ0v) is 55.6. The van der Waals surface area contributed by atoms with Crippen LogP contribution in [-0.4, -0.2) is 217 Å². The van der Waals surface area contributed by atoms with Crippen LogP contribution in [0.15, 0.2) is 65.8 Å². The smallest absolute Gasteiger partial charge is 0.246 e. The number of aliphatic hydroxyl groups is 3. The van der Waals surface area contributed by atoms with Gasteiger partial charge >= 0.3 is 0 Å². The van der Waals surface area contributed by atoms with Crippen molar-refractivity contribution in [2.75, 3.05) is 50.1 Å². The van der Waals surface area contributed by atoms with Crippen LogP contribution in [-0.2, 0) is 75.3 Å². The molecule has 15 N–H and O–H groups in total. The number of benzene rings is 2. The molecule has 2 bridgehead atoms. The van der Waals surface area contributed by atoms with Crippen molar-refractivity contribution in [1.82, 2.24) is 68.0 Å². The SMILES string of the molecule is C=C1C(SC)CC(=O)N1CCC(=O)NC(C(=O)N[C@@H](C)C(=O)Nc1ccc(CNC(=O)C[C@@H]2NC(=O)[C@@H]3CSc4[nH]c5ccccc5c4C[C@@H](NC(=O)[C@H]([C@@H](C)[C@@H](O)CO)NC(=O)[C@@H]4C[C@@H](O)CN4C2=O)C(=O)NCC(=O)N[C@@H]([C@@H](C)CC)C(=O)NCC(=O)N3)cc1)C(C)C. The average molecular weight is 1360 g/mol. The van der Waals surface area contributed by atoms with Crippen LogP contribution in [0.2, 0.25) is 0 Å². The van der Waals surface area contributed by atoms with Gasteiger partial charge in [0.1, 0.15) is 48.3 Å². The fraction of sp³-hybridized carbons (Fsp3) is 0.540. The van der Waals surface area contributed by atoms with E-state index < -0.39 is 182 Å². The average Bonchev–Trinajstić information content (AvgIpc) is 1.69. The maximum atomic E-state index is 15.0. The number of fused-ring (bicyclic) bond motifs is 5. The maximum absolute atomic E-state index is 15.0. The molecule has 2 aromatic carbocycles. The first-order chi connectivity index (χ1) is 45.1. The molecule has 13 amide bonds. The van der Waals surface area contributed by atoms with Crippen molar-refractivity contribution in [2.24, 2.45) is 17.8 Å². The fourth-order valence-electron chi connectivity index (χ4n) is 11.3. The number of para-hydroxylation sites is 1. The summed E-state index contributed by atoms with van der Waals surface area (Å²) >= 11 is 2.49. The van der Waals surface area contributed by atoms with Crippen LogP contribution in [0.3, 0.4) is 0 Å². The molecule has 13 atom stereocenters. The van der Waals surface area contributed by atoms with Crippen LogP contribution in [0.4, 0.5) is 5.69 Å². The third-order valence-corrected chi connectivity index (χ3v) is 19.4. The van der Waals surface area contributed by atoms with E-state index in [1.54, 1.807) is 64.1 Å². The first kappa shape index (κ1) is 73.8. The Balaban J connectivity index is 1.13. The Morgan fingerprint density at radius 1 is 0.768 bits per heavy atom. The summed E-state index contributed by atoms with van der Waals surface area (Å²) in [5.41, 5.74) is 2.36. The van der Waals surface area contributed by atoms with E-state index in [2.05, 4.69) is 70.0 Å². The predicted molar refractivity (Wildman–Crippen MR) is 350 cm³/mol. The van der Waals surface area contributed by atoms with Gasteiger partial charge in [-0.25, -0.2) is 0 Å². The Bertz CT molecular complexity index is 3410. The molecule has 4 aliphatic heterocycles. The van der Waals surface area contributed by atoms with E-state index in [0.29, 0.717) is 51.3 Å². The second-order valence-corrected chi connectivity index (χ2v) is 26.6. The number of anilines is 1. The van der Waals surface area contributed by atoms with Gasteiger partial charge in [0.25, 0.3) is 0 Å². The van der Waals surface area contributed by atoms with E-state index in [0.717, 1.165) is 16.7 Å².